The zero-order chi connectivity index (χ0) is 11.3. The van der Waals surface area contributed by atoms with E-state index < -0.39 is 5.60 Å². The summed E-state index contributed by atoms with van der Waals surface area (Å²) in [4.78, 5) is 4.02. The van der Waals surface area contributed by atoms with E-state index in [0.29, 0.717) is 6.54 Å². The molecule has 0 aromatic carbocycles. The van der Waals surface area contributed by atoms with E-state index in [1.54, 1.807) is 19.3 Å². The molecule has 4 nitrogen and oxygen atoms in total. The van der Waals surface area contributed by atoms with E-state index in [4.69, 9.17) is 5.11 Å². The fourth-order valence-corrected chi connectivity index (χ4v) is 1.18. The van der Waals surface area contributed by atoms with Gasteiger partial charge in [0.2, 0.25) is 0 Å². The van der Waals surface area contributed by atoms with E-state index >= 15 is 0 Å². The minimum atomic E-state index is -1.07. The van der Waals surface area contributed by atoms with Gasteiger partial charge in [-0.3, -0.25) is 4.98 Å². The summed E-state index contributed by atoms with van der Waals surface area (Å²) >= 11 is 0. The summed E-state index contributed by atoms with van der Waals surface area (Å²) in [7, 11) is 0. The highest BCUT2D eigenvalue weighted by atomic mass is 16.3. The SMILES string of the molecule is CC(NCC(C)(O)CO)c1cccnc1. The first-order chi connectivity index (χ1) is 7.05. The van der Waals surface area contributed by atoms with Gasteiger partial charge in [-0.05, 0) is 25.5 Å². The van der Waals surface area contributed by atoms with Crippen LogP contribution in [0.2, 0.25) is 0 Å². The van der Waals surface area contributed by atoms with Gasteiger partial charge >= 0.3 is 0 Å². The standard InChI is InChI=1S/C11H18N2O2/c1-9(10-4-3-5-12-6-10)13-7-11(2,15)8-14/h3-6,9,13-15H,7-8H2,1-2H3. The highest BCUT2D eigenvalue weighted by molar-refractivity contribution is 5.12. The highest BCUT2D eigenvalue weighted by Gasteiger charge is 2.19. The van der Waals surface area contributed by atoms with Crippen LogP contribution < -0.4 is 5.32 Å². The van der Waals surface area contributed by atoms with Gasteiger partial charge in [0.1, 0.15) is 0 Å². The number of hydrogen-bond donors (Lipinski definition) is 3. The number of pyridine rings is 1. The van der Waals surface area contributed by atoms with Crippen LogP contribution in [0.3, 0.4) is 0 Å². The smallest absolute Gasteiger partial charge is 0.0973 e. The molecule has 3 N–H and O–H groups in total. The maximum Gasteiger partial charge on any atom is 0.0973 e. The zero-order valence-corrected chi connectivity index (χ0v) is 9.14. The largest absolute Gasteiger partial charge is 0.393 e. The van der Waals surface area contributed by atoms with Gasteiger partial charge in [-0.2, -0.15) is 0 Å². The Balaban J connectivity index is 2.47. The Labute approximate surface area is 90.0 Å². The molecule has 0 aliphatic heterocycles. The Bertz CT molecular complexity index is 288. The van der Waals surface area contributed by atoms with E-state index in [0.717, 1.165) is 5.56 Å². The molecule has 84 valence electrons. The lowest BCUT2D eigenvalue weighted by atomic mass is 10.1. The van der Waals surface area contributed by atoms with Crippen molar-refractivity contribution < 1.29 is 10.2 Å². The summed E-state index contributed by atoms with van der Waals surface area (Å²) < 4.78 is 0. The second kappa shape index (κ2) is 5.21. The van der Waals surface area contributed by atoms with Crippen molar-refractivity contribution in [2.75, 3.05) is 13.2 Å². The molecule has 15 heavy (non-hydrogen) atoms. The molecule has 0 amide bonds. The van der Waals surface area contributed by atoms with Crippen LogP contribution in [-0.2, 0) is 0 Å². The summed E-state index contributed by atoms with van der Waals surface area (Å²) in [5.41, 5.74) is -0.0116. The first-order valence-corrected chi connectivity index (χ1v) is 5.02. The molecule has 0 aliphatic carbocycles. The number of rotatable bonds is 5. The molecule has 4 heteroatoms. The Morgan fingerprint density at radius 3 is 2.87 bits per heavy atom. The number of aliphatic hydroxyl groups is 2. The summed E-state index contributed by atoms with van der Waals surface area (Å²) in [5.74, 6) is 0. The maximum absolute atomic E-state index is 9.59. The molecule has 1 aromatic rings. The molecule has 1 heterocycles. The second-order valence-corrected chi connectivity index (χ2v) is 4.04. The van der Waals surface area contributed by atoms with Crippen LogP contribution in [0.4, 0.5) is 0 Å². The van der Waals surface area contributed by atoms with E-state index in [1.165, 1.54) is 0 Å². The normalized spacial score (nSPS) is 17.1. The summed E-state index contributed by atoms with van der Waals surface area (Å²) in [6.07, 6.45) is 3.51. The van der Waals surface area contributed by atoms with Crippen LogP contribution >= 0.6 is 0 Å². The van der Waals surface area contributed by atoms with Gasteiger partial charge in [-0.25, -0.2) is 0 Å². The first kappa shape index (κ1) is 12.1. The Kier molecular flexibility index (Phi) is 4.20. The molecule has 2 atom stereocenters. The fraction of sp³-hybridized carbons (Fsp3) is 0.545. The molecule has 0 aliphatic rings. The molecule has 0 fully saturated rings. The molecule has 0 radical (unpaired) electrons. The molecule has 0 saturated heterocycles. The van der Waals surface area contributed by atoms with E-state index in [1.807, 2.05) is 19.1 Å². The van der Waals surface area contributed by atoms with Crippen molar-refractivity contribution >= 4 is 0 Å². The lowest BCUT2D eigenvalue weighted by molar-refractivity contribution is 0.00105. The third-order valence-electron chi connectivity index (χ3n) is 2.31. The van der Waals surface area contributed by atoms with Crippen molar-refractivity contribution in [1.82, 2.24) is 10.3 Å². The maximum atomic E-state index is 9.59. The first-order valence-electron chi connectivity index (χ1n) is 5.02. The van der Waals surface area contributed by atoms with Crippen LogP contribution in [0.25, 0.3) is 0 Å². The molecule has 0 saturated carbocycles. The molecule has 1 rings (SSSR count). The lowest BCUT2D eigenvalue weighted by Gasteiger charge is -2.23. The van der Waals surface area contributed by atoms with Crippen LogP contribution in [0.5, 0.6) is 0 Å². The van der Waals surface area contributed by atoms with Gasteiger partial charge in [-0.15, -0.1) is 0 Å². The fourth-order valence-electron chi connectivity index (χ4n) is 1.18. The highest BCUT2D eigenvalue weighted by Crippen LogP contribution is 2.11. The summed E-state index contributed by atoms with van der Waals surface area (Å²) in [6.45, 7) is 3.68. The van der Waals surface area contributed by atoms with Crippen LogP contribution in [-0.4, -0.2) is 33.9 Å². The third kappa shape index (κ3) is 3.95. The van der Waals surface area contributed by atoms with Gasteiger partial charge in [0.05, 0.1) is 12.2 Å². The lowest BCUT2D eigenvalue weighted by Crippen LogP contribution is -2.41. The van der Waals surface area contributed by atoms with E-state index in [-0.39, 0.29) is 12.6 Å². The topological polar surface area (TPSA) is 65.4 Å². The van der Waals surface area contributed by atoms with Crippen LogP contribution in [0, 0.1) is 0 Å². The monoisotopic (exact) mass is 210 g/mol. The number of nitrogens with one attached hydrogen (secondary N) is 1. The number of aromatic nitrogens is 1. The average Bonchev–Trinajstić information content (AvgIpc) is 2.27. The van der Waals surface area contributed by atoms with Crippen molar-refractivity contribution in [2.45, 2.75) is 25.5 Å². The van der Waals surface area contributed by atoms with Crippen molar-refractivity contribution in [1.29, 1.82) is 0 Å². The number of hydrogen-bond acceptors (Lipinski definition) is 4. The van der Waals surface area contributed by atoms with Gasteiger partial charge < -0.3 is 15.5 Å². The molecule has 2 unspecified atom stereocenters. The minimum absolute atomic E-state index is 0.108. The Hall–Kier alpha value is -0.970. The quantitative estimate of drug-likeness (QED) is 0.661. The predicted molar refractivity (Wildman–Crippen MR) is 58.4 cm³/mol. The van der Waals surface area contributed by atoms with E-state index in [2.05, 4.69) is 10.3 Å². The second-order valence-electron chi connectivity index (χ2n) is 4.04. The van der Waals surface area contributed by atoms with Crippen molar-refractivity contribution in [3.63, 3.8) is 0 Å². The summed E-state index contributed by atoms with van der Waals surface area (Å²) in [6, 6.07) is 3.95. The van der Waals surface area contributed by atoms with E-state index in [9.17, 15) is 5.11 Å². The Morgan fingerprint density at radius 2 is 2.33 bits per heavy atom. The predicted octanol–water partition coefficient (Wildman–Crippen LogP) is 0.475. The molecular formula is C11H18N2O2. The minimum Gasteiger partial charge on any atom is -0.393 e. The third-order valence-corrected chi connectivity index (χ3v) is 2.31. The van der Waals surface area contributed by atoms with Crippen molar-refractivity contribution in [2.24, 2.45) is 0 Å². The van der Waals surface area contributed by atoms with Gasteiger partial charge in [0.25, 0.3) is 0 Å². The number of aliphatic hydroxyl groups excluding tert-OH is 1. The summed E-state index contributed by atoms with van der Waals surface area (Å²) in [5, 5.41) is 21.6. The molecular weight excluding hydrogens is 192 g/mol. The zero-order valence-electron chi connectivity index (χ0n) is 9.14. The molecule has 0 spiro atoms. The van der Waals surface area contributed by atoms with Crippen molar-refractivity contribution in [3.8, 4) is 0 Å². The van der Waals surface area contributed by atoms with Gasteiger partial charge in [0.15, 0.2) is 0 Å². The Morgan fingerprint density at radius 1 is 1.60 bits per heavy atom. The molecule has 0 bridgehead atoms. The van der Waals surface area contributed by atoms with Crippen molar-refractivity contribution in [3.05, 3.63) is 30.1 Å². The van der Waals surface area contributed by atoms with Crippen LogP contribution in [0.15, 0.2) is 24.5 Å². The average molecular weight is 210 g/mol. The van der Waals surface area contributed by atoms with Crippen LogP contribution in [0.1, 0.15) is 25.5 Å². The van der Waals surface area contributed by atoms with Gasteiger partial charge in [0, 0.05) is 25.0 Å². The molecule has 1 aromatic heterocycles. The van der Waals surface area contributed by atoms with Gasteiger partial charge in [-0.1, -0.05) is 6.07 Å². The number of nitrogens with zero attached hydrogens (tertiary/aromatic N) is 1.